The predicted molar refractivity (Wildman–Crippen MR) is 77.0 cm³/mol. The van der Waals surface area contributed by atoms with E-state index in [9.17, 15) is 9.59 Å². The van der Waals surface area contributed by atoms with Gasteiger partial charge < -0.3 is 10.2 Å². The van der Waals surface area contributed by atoms with Crippen molar-refractivity contribution in [1.29, 1.82) is 0 Å². The molecule has 1 unspecified atom stereocenters. The Morgan fingerprint density at radius 1 is 1.32 bits per heavy atom. The fourth-order valence-electron chi connectivity index (χ4n) is 2.21. The van der Waals surface area contributed by atoms with E-state index in [1.165, 1.54) is 0 Å². The van der Waals surface area contributed by atoms with E-state index in [1.54, 1.807) is 16.7 Å². The lowest BCUT2D eigenvalue weighted by Gasteiger charge is -2.35. The molecule has 4 nitrogen and oxygen atoms in total. The lowest BCUT2D eigenvalue weighted by molar-refractivity contribution is -0.145. The van der Waals surface area contributed by atoms with Gasteiger partial charge in [-0.15, -0.1) is 0 Å². The number of rotatable bonds is 5. The highest BCUT2D eigenvalue weighted by molar-refractivity contribution is 7.98. The number of benzene rings is 1. The smallest absolute Gasteiger partial charge is 0.243 e. The molecule has 1 N–H and O–H groups in total. The summed E-state index contributed by atoms with van der Waals surface area (Å²) in [5.41, 5.74) is 1.08. The molecule has 0 spiro atoms. The largest absolute Gasteiger partial charge is 0.345 e. The van der Waals surface area contributed by atoms with Crippen molar-refractivity contribution in [1.82, 2.24) is 10.2 Å². The zero-order valence-corrected chi connectivity index (χ0v) is 11.8. The highest BCUT2D eigenvalue weighted by Crippen LogP contribution is 2.13. The van der Waals surface area contributed by atoms with Gasteiger partial charge in [0.1, 0.15) is 6.04 Å². The highest BCUT2D eigenvalue weighted by Gasteiger charge is 2.33. The Bertz CT molecular complexity index is 450. The van der Waals surface area contributed by atoms with Crippen molar-refractivity contribution in [2.24, 2.45) is 0 Å². The van der Waals surface area contributed by atoms with Crippen LogP contribution < -0.4 is 5.32 Å². The Labute approximate surface area is 117 Å². The van der Waals surface area contributed by atoms with Crippen LogP contribution in [0.3, 0.4) is 0 Å². The summed E-state index contributed by atoms with van der Waals surface area (Å²) in [4.78, 5) is 25.7. The number of amides is 2. The summed E-state index contributed by atoms with van der Waals surface area (Å²) in [5, 5.41) is 2.67. The second-order valence-electron chi connectivity index (χ2n) is 4.50. The van der Waals surface area contributed by atoms with Gasteiger partial charge >= 0.3 is 0 Å². The first-order chi connectivity index (χ1) is 9.22. The Kier molecular flexibility index (Phi) is 4.85. The van der Waals surface area contributed by atoms with E-state index in [4.69, 9.17) is 0 Å². The molecule has 5 heteroatoms. The number of thioether (sulfide) groups is 1. The van der Waals surface area contributed by atoms with Gasteiger partial charge in [-0.2, -0.15) is 11.8 Å². The molecule has 0 saturated carbocycles. The minimum Gasteiger partial charge on any atom is -0.345 e. The first kappa shape index (κ1) is 13.9. The van der Waals surface area contributed by atoms with Crippen LogP contribution in [-0.4, -0.2) is 47.9 Å². The van der Waals surface area contributed by atoms with Gasteiger partial charge in [-0.3, -0.25) is 9.59 Å². The molecule has 1 heterocycles. The molecule has 1 saturated heterocycles. The summed E-state index contributed by atoms with van der Waals surface area (Å²) < 4.78 is 0. The summed E-state index contributed by atoms with van der Waals surface area (Å²) in [6, 6.07) is 9.43. The van der Waals surface area contributed by atoms with Crippen molar-refractivity contribution in [3.05, 3.63) is 35.9 Å². The number of hydrogen-bond acceptors (Lipinski definition) is 3. The van der Waals surface area contributed by atoms with Crippen molar-refractivity contribution >= 4 is 23.6 Å². The maximum absolute atomic E-state index is 12.0. The van der Waals surface area contributed by atoms with Gasteiger partial charge in [0.2, 0.25) is 11.8 Å². The number of nitrogens with one attached hydrogen (secondary N) is 1. The standard InChI is InChI=1S/C14H18N2O2S/c1-19-8-7-16-12(14(18)15-10-13(16)17)9-11-5-3-2-4-6-11/h2-6,12H,7-10H2,1H3,(H,15,18). The van der Waals surface area contributed by atoms with Crippen LogP contribution in [-0.2, 0) is 16.0 Å². The van der Waals surface area contributed by atoms with Gasteiger partial charge in [-0.25, -0.2) is 0 Å². The number of nitrogens with zero attached hydrogens (tertiary/aromatic N) is 1. The van der Waals surface area contributed by atoms with Crippen molar-refractivity contribution in [2.45, 2.75) is 12.5 Å². The zero-order valence-electron chi connectivity index (χ0n) is 11.0. The molecule has 0 aliphatic carbocycles. The molecule has 1 fully saturated rings. The fourth-order valence-corrected chi connectivity index (χ4v) is 2.59. The second-order valence-corrected chi connectivity index (χ2v) is 5.49. The van der Waals surface area contributed by atoms with Gasteiger partial charge in [0.05, 0.1) is 6.54 Å². The average Bonchev–Trinajstić information content (AvgIpc) is 2.43. The number of piperazine rings is 1. The Morgan fingerprint density at radius 2 is 2.05 bits per heavy atom. The van der Waals surface area contributed by atoms with E-state index < -0.39 is 0 Å². The van der Waals surface area contributed by atoms with E-state index in [-0.39, 0.29) is 24.4 Å². The van der Waals surface area contributed by atoms with Crippen LogP contribution in [0.4, 0.5) is 0 Å². The van der Waals surface area contributed by atoms with Crippen molar-refractivity contribution in [2.75, 3.05) is 25.1 Å². The third kappa shape index (κ3) is 3.50. The minimum absolute atomic E-state index is 0.00887. The quantitative estimate of drug-likeness (QED) is 0.871. The summed E-state index contributed by atoms with van der Waals surface area (Å²) in [5.74, 6) is 0.809. The van der Waals surface area contributed by atoms with Gasteiger partial charge in [0, 0.05) is 18.7 Å². The first-order valence-electron chi connectivity index (χ1n) is 6.32. The molecule has 2 amide bonds. The van der Waals surface area contributed by atoms with Crippen LogP contribution in [0.5, 0.6) is 0 Å². The molecular weight excluding hydrogens is 260 g/mol. The van der Waals surface area contributed by atoms with Crippen LogP contribution in [0.25, 0.3) is 0 Å². The monoisotopic (exact) mass is 278 g/mol. The van der Waals surface area contributed by atoms with Gasteiger partial charge in [-0.05, 0) is 11.8 Å². The Morgan fingerprint density at radius 3 is 2.74 bits per heavy atom. The average molecular weight is 278 g/mol. The molecule has 102 valence electrons. The molecule has 19 heavy (non-hydrogen) atoms. The Balaban J connectivity index is 2.12. The summed E-state index contributed by atoms with van der Waals surface area (Å²) in [7, 11) is 0. The molecule has 0 radical (unpaired) electrons. The molecule has 1 aliphatic heterocycles. The van der Waals surface area contributed by atoms with Gasteiger partial charge in [-0.1, -0.05) is 30.3 Å². The van der Waals surface area contributed by atoms with Gasteiger partial charge in [0.25, 0.3) is 0 Å². The second kappa shape index (κ2) is 6.61. The fraction of sp³-hybridized carbons (Fsp3) is 0.429. The van der Waals surface area contributed by atoms with Crippen LogP contribution in [0.15, 0.2) is 30.3 Å². The number of carbonyl (C=O) groups excluding carboxylic acids is 2. The number of hydrogen-bond donors (Lipinski definition) is 1. The summed E-state index contributed by atoms with van der Waals surface area (Å²) in [6.07, 6.45) is 2.58. The molecule has 1 atom stereocenters. The van der Waals surface area contributed by atoms with Crippen molar-refractivity contribution < 1.29 is 9.59 Å². The van der Waals surface area contributed by atoms with E-state index in [0.29, 0.717) is 13.0 Å². The van der Waals surface area contributed by atoms with E-state index >= 15 is 0 Å². The molecule has 1 aliphatic rings. The van der Waals surface area contributed by atoms with Crippen LogP contribution >= 0.6 is 11.8 Å². The molecule has 2 rings (SSSR count). The molecule has 0 aromatic heterocycles. The third-order valence-corrected chi connectivity index (χ3v) is 3.81. The maximum atomic E-state index is 12.0. The van der Waals surface area contributed by atoms with Gasteiger partial charge in [0.15, 0.2) is 0 Å². The first-order valence-corrected chi connectivity index (χ1v) is 7.72. The lowest BCUT2D eigenvalue weighted by Crippen LogP contribution is -2.59. The van der Waals surface area contributed by atoms with E-state index in [2.05, 4.69) is 5.32 Å². The topological polar surface area (TPSA) is 49.4 Å². The lowest BCUT2D eigenvalue weighted by atomic mass is 10.0. The van der Waals surface area contributed by atoms with Crippen molar-refractivity contribution in [3.63, 3.8) is 0 Å². The summed E-state index contributed by atoms with van der Waals surface area (Å²) >= 11 is 1.68. The van der Waals surface area contributed by atoms with E-state index in [1.807, 2.05) is 36.6 Å². The normalized spacial score (nSPS) is 19.4. The number of carbonyl (C=O) groups is 2. The SMILES string of the molecule is CSCCN1C(=O)CNC(=O)C1Cc1ccccc1. The Hall–Kier alpha value is -1.49. The minimum atomic E-state index is -0.379. The van der Waals surface area contributed by atoms with Crippen LogP contribution in [0.1, 0.15) is 5.56 Å². The highest BCUT2D eigenvalue weighted by atomic mass is 32.2. The third-order valence-electron chi connectivity index (χ3n) is 3.22. The maximum Gasteiger partial charge on any atom is 0.243 e. The van der Waals surface area contributed by atoms with Crippen molar-refractivity contribution in [3.8, 4) is 0 Å². The molecule has 0 bridgehead atoms. The van der Waals surface area contributed by atoms with E-state index in [0.717, 1.165) is 11.3 Å². The predicted octanol–water partition coefficient (Wildman–Crippen LogP) is 0.919. The van der Waals surface area contributed by atoms with Crippen LogP contribution in [0.2, 0.25) is 0 Å². The molecule has 1 aromatic carbocycles. The molecular formula is C14H18N2O2S. The molecule has 1 aromatic rings. The zero-order chi connectivity index (χ0) is 13.7. The summed E-state index contributed by atoms with van der Waals surface area (Å²) in [6.45, 7) is 0.753. The van der Waals surface area contributed by atoms with Crippen LogP contribution in [0, 0.1) is 0 Å².